The zero-order valence-corrected chi connectivity index (χ0v) is 26.6. The van der Waals surface area contributed by atoms with E-state index >= 15 is 0 Å². The van der Waals surface area contributed by atoms with Crippen molar-refractivity contribution in [3.8, 4) is 0 Å². The number of fused-ring (bicyclic) bond motifs is 2. The molecule has 14 heteroatoms. The van der Waals surface area contributed by atoms with E-state index in [-0.39, 0.29) is 18.1 Å². The first kappa shape index (κ1) is 30.2. The van der Waals surface area contributed by atoms with E-state index in [0.717, 1.165) is 54.9 Å². The van der Waals surface area contributed by atoms with Crippen LogP contribution >= 0.6 is 11.3 Å². The summed E-state index contributed by atoms with van der Waals surface area (Å²) in [7, 11) is -1.77. The first-order valence-corrected chi connectivity index (χ1v) is 18.2. The molecule has 41 heavy (non-hydrogen) atoms. The number of anilines is 2. The van der Waals surface area contributed by atoms with Crippen molar-refractivity contribution in [2.45, 2.75) is 90.4 Å². The van der Waals surface area contributed by atoms with E-state index in [9.17, 15) is 13.2 Å². The fourth-order valence-electron chi connectivity index (χ4n) is 5.14. The van der Waals surface area contributed by atoms with Gasteiger partial charge < -0.3 is 24.1 Å². The van der Waals surface area contributed by atoms with E-state index in [1.807, 2.05) is 4.90 Å². The van der Waals surface area contributed by atoms with Gasteiger partial charge in [-0.05, 0) is 37.0 Å². The molecule has 0 aromatic carbocycles. The van der Waals surface area contributed by atoms with Gasteiger partial charge >= 0.3 is 6.18 Å². The average Bonchev–Trinajstić information content (AvgIpc) is 3.62. The summed E-state index contributed by atoms with van der Waals surface area (Å²) in [5.41, 5.74) is 0. The van der Waals surface area contributed by atoms with Crippen molar-refractivity contribution in [2.75, 3.05) is 42.6 Å². The maximum Gasteiger partial charge on any atom is 0.451 e. The second-order valence-electron chi connectivity index (χ2n) is 12.5. The van der Waals surface area contributed by atoms with Crippen LogP contribution in [0.4, 0.5) is 24.9 Å². The molecule has 3 aromatic rings. The monoisotopic (exact) mass is 610 g/mol. The molecule has 0 unspecified atom stereocenters. The van der Waals surface area contributed by atoms with E-state index in [1.165, 1.54) is 9.44 Å². The summed E-state index contributed by atoms with van der Waals surface area (Å²) < 4.78 is 47.7. The van der Waals surface area contributed by atoms with Gasteiger partial charge in [0, 0.05) is 50.2 Å². The summed E-state index contributed by atoms with van der Waals surface area (Å²) in [4.78, 5) is 16.4. The summed E-state index contributed by atoms with van der Waals surface area (Å²) in [6, 6.07) is 2.45. The number of hydrogen-bond donors (Lipinski definition) is 1. The highest BCUT2D eigenvalue weighted by atomic mass is 32.1. The lowest BCUT2D eigenvalue weighted by atomic mass is 10.2. The van der Waals surface area contributed by atoms with E-state index in [0.29, 0.717) is 31.0 Å². The maximum atomic E-state index is 13.4. The fourth-order valence-corrected chi connectivity index (χ4v) is 7.30. The number of aryl methyl sites for hydroxylation is 1. The standard InChI is InChI=1S/C27H41F3N8OSSi/c1-7-8-19-15-20-22(36-12-13-38-21(17-36)34-35-24(38)27(28,29)30)32-25(33-23(20)40-19)37-11-9-18(16-37)31-10-14-39-41(5,6)26(2,3)4/h15,18,31H,7-14,16-17H2,1-6H3/t18-/m0/s1. The lowest BCUT2D eigenvalue weighted by Gasteiger charge is -2.36. The molecule has 1 N–H and O–H groups in total. The Kier molecular flexibility index (Phi) is 8.40. The average molecular weight is 611 g/mol. The fraction of sp³-hybridized carbons (Fsp3) is 0.704. The molecule has 9 nitrogen and oxygen atoms in total. The molecule has 2 aliphatic heterocycles. The molecule has 2 aliphatic rings. The number of alkyl halides is 3. The van der Waals surface area contributed by atoms with Crippen LogP contribution in [0, 0.1) is 0 Å². The Labute approximate surface area is 244 Å². The third-order valence-electron chi connectivity index (χ3n) is 8.49. The minimum Gasteiger partial charge on any atom is -0.416 e. The Morgan fingerprint density at radius 3 is 2.59 bits per heavy atom. The topological polar surface area (TPSA) is 84.2 Å². The molecule has 1 saturated heterocycles. The Morgan fingerprint density at radius 2 is 1.88 bits per heavy atom. The van der Waals surface area contributed by atoms with Crippen LogP contribution in [0.5, 0.6) is 0 Å². The number of hydrogen-bond acceptors (Lipinski definition) is 9. The lowest BCUT2D eigenvalue weighted by molar-refractivity contribution is -0.147. The van der Waals surface area contributed by atoms with Gasteiger partial charge in [0.15, 0.2) is 14.1 Å². The minimum absolute atomic E-state index is 0.149. The SMILES string of the molecule is CCCc1cc2c(N3CCn4c(nnc4C(F)(F)F)C3)nc(N3CC[C@H](NCCO[Si](C)(C)C(C)(C)C)C3)nc2s1. The largest absolute Gasteiger partial charge is 0.451 e. The Hall–Kier alpha value is -2.29. The predicted octanol–water partition coefficient (Wildman–Crippen LogP) is 5.46. The van der Waals surface area contributed by atoms with Crippen molar-refractivity contribution in [1.29, 1.82) is 0 Å². The van der Waals surface area contributed by atoms with Gasteiger partial charge in [-0.15, -0.1) is 21.5 Å². The van der Waals surface area contributed by atoms with E-state index < -0.39 is 20.3 Å². The van der Waals surface area contributed by atoms with E-state index in [2.05, 4.69) is 67.3 Å². The third-order valence-corrected chi connectivity index (χ3v) is 14.1. The highest BCUT2D eigenvalue weighted by molar-refractivity contribution is 7.18. The molecule has 5 heterocycles. The molecule has 5 rings (SSSR count). The summed E-state index contributed by atoms with van der Waals surface area (Å²) in [5.74, 6) is 0.783. The van der Waals surface area contributed by atoms with Crippen molar-refractivity contribution in [3.05, 3.63) is 22.6 Å². The molecular weight excluding hydrogens is 569 g/mol. The second kappa shape index (κ2) is 11.4. The van der Waals surface area contributed by atoms with Crippen molar-refractivity contribution >= 4 is 41.6 Å². The number of halogens is 3. The van der Waals surface area contributed by atoms with Crippen molar-refractivity contribution in [3.63, 3.8) is 0 Å². The Balaban J connectivity index is 1.32. The van der Waals surface area contributed by atoms with Crippen molar-refractivity contribution < 1.29 is 17.6 Å². The summed E-state index contributed by atoms with van der Waals surface area (Å²) >= 11 is 1.67. The van der Waals surface area contributed by atoms with Gasteiger partial charge in [-0.1, -0.05) is 34.1 Å². The van der Waals surface area contributed by atoms with Gasteiger partial charge in [0.2, 0.25) is 11.8 Å². The first-order valence-electron chi connectivity index (χ1n) is 14.4. The van der Waals surface area contributed by atoms with Crippen LogP contribution in [0.3, 0.4) is 0 Å². The van der Waals surface area contributed by atoms with Crippen LogP contribution < -0.4 is 15.1 Å². The molecule has 1 atom stereocenters. The quantitative estimate of drug-likeness (QED) is 0.253. The van der Waals surface area contributed by atoms with E-state index in [4.69, 9.17) is 14.4 Å². The molecule has 0 spiro atoms. The summed E-state index contributed by atoms with van der Waals surface area (Å²) in [5, 5.41) is 12.1. The molecule has 0 aliphatic carbocycles. The Morgan fingerprint density at radius 1 is 1.10 bits per heavy atom. The molecule has 0 bridgehead atoms. The summed E-state index contributed by atoms with van der Waals surface area (Å²) in [6.07, 6.45) is -1.57. The Bertz CT molecular complexity index is 1370. The molecular formula is C27H41F3N8OSSi. The van der Waals surface area contributed by atoms with E-state index in [1.54, 1.807) is 11.3 Å². The van der Waals surface area contributed by atoms with Gasteiger partial charge in [-0.25, -0.2) is 4.98 Å². The highest BCUT2D eigenvalue weighted by Gasteiger charge is 2.40. The zero-order valence-electron chi connectivity index (χ0n) is 24.8. The molecule has 3 aromatic heterocycles. The molecule has 1 fully saturated rings. The normalized spacial score (nSPS) is 18.5. The molecule has 0 radical (unpaired) electrons. The molecule has 226 valence electrons. The van der Waals surface area contributed by atoms with Crippen LogP contribution in [0.1, 0.15) is 57.1 Å². The number of rotatable bonds is 9. The number of nitrogens with one attached hydrogen (secondary N) is 1. The number of aromatic nitrogens is 5. The number of nitrogens with zero attached hydrogens (tertiary/aromatic N) is 7. The predicted molar refractivity (Wildman–Crippen MR) is 159 cm³/mol. The van der Waals surface area contributed by atoms with Crippen LogP contribution in [-0.4, -0.2) is 71.9 Å². The highest BCUT2D eigenvalue weighted by Crippen LogP contribution is 2.37. The van der Waals surface area contributed by atoms with Crippen molar-refractivity contribution in [2.24, 2.45) is 0 Å². The van der Waals surface area contributed by atoms with Crippen LogP contribution in [0.2, 0.25) is 18.1 Å². The van der Waals surface area contributed by atoms with Crippen LogP contribution in [0.15, 0.2) is 6.07 Å². The number of thiophene rings is 1. The maximum absolute atomic E-state index is 13.4. The second-order valence-corrected chi connectivity index (χ2v) is 18.5. The smallest absolute Gasteiger partial charge is 0.416 e. The van der Waals surface area contributed by atoms with Crippen molar-refractivity contribution in [1.82, 2.24) is 30.0 Å². The van der Waals surface area contributed by atoms with Gasteiger partial charge in [0.1, 0.15) is 10.6 Å². The summed E-state index contributed by atoms with van der Waals surface area (Å²) in [6.45, 7) is 17.3. The lowest BCUT2D eigenvalue weighted by Crippen LogP contribution is -2.43. The zero-order chi connectivity index (χ0) is 29.6. The van der Waals surface area contributed by atoms with Gasteiger partial charge in [-0.3, -0.25) is 0 Å². The first-order chi connectivity index (χ1) is 19.3. The minimum atomic E-state index is -4.53. The van der Waals surface area contributed by atoms with Crippen LogP contribution in [0.25, 0.3) is 10.2 Å². The van der Waals surface area contributed by atoms with Crippen LogP contribution in [-0.2, 0) is 30.1 Å². The van der Waals surface area contributed by atoms with Gasteiger partial charge in [-0.2, -0.15) is 18.2 Å². The van der Waals surface area contributed by atoms with Gasteiger partial charge in [0.25, 0.3) is 0 Å². The molecule has 0 amide bonds. The third kappa shape index (κ3) is 6.39. The van der Waals surface area contributed by atoms with Gasteiger partial charge in [0.05, 0.1) is 11.9 Å². The molecule has 0 saturated carbocycles.